The van der Waals surface area contributed by atoms with Crippen LogP contribution >= 0.6 is 0 Å². The smallest absolute Gasteiger partial charge is 0.0369 e. The molecule has 3 rings (SSSR count). The van der Waals surface area contributed by atoms with Crippen molar-refractivity contribution in [2.24, 2.45) is 0 Å². The Bertz CT molecular complexity index is 891. The first kappa shape index (κ1) is 19.8. The quantitative estimate of drug-likeness (QED) is 0.355. The molecule has 0 aliphatic carbocycles. The molecule has 0 saturated carbocycles. The molecule has 0 amide bonds. The molecular formula is C25H31N3. The number of nitrogen functional groups attached to an aromatic ring is 1. The summed E-state index contributed by atoms with van der Waals surface area (Å²) >= 11 is 0. The molecule has 0 aromatic heterocycles. The van der Waals surface area contributed by atoms with E-state index in [2.05, 4.69) is 86.9 Å². The first-order valence-electron chi connectivity index (χ1n) is 10.1. The zero-order chi connectivity index (χ0) is 20.1. The van der Waals surface area contributed by atoms with Gasteiger partial charge in [0, 0.05) is 36.1 Å². The van der Waals surface area contributed by atoms with Gasteiger partial charge >= 0.3 is 0 Å². The van der Waals surface area contributed by atoms with Crippen LogP contribution in [0.25, 0.3) is 0 Å². The van der Waals surface area contributed by atoms with Crippen molar-refractivity contribution >= 4 is 17.1 Å². The number of rotatable bonds is 7. The average molecular weight is 374 g/mol. The molecule has 0 spiro atoms. The predicted molar refractivity (Wildman–Crippen MR) is 122 cm³/mol. The summed E-state index contributed by atoms with van der Waals surface area (Å²) in [6, 6.07) is 21.5. The SMILES string of the molecule is CCNc1ccc(C(c2ccc(NCC)c(C)c2)c2ccccc2N)cc1C. The summed E-state index contributed by atoms with van der Waals surface area (Å²) in [5, 5.41) is 6.86. The molecule has 28 heavy (non-hydrogen) atoms. The number of anilines is 3. The van der Waals surface area contributed by atoms with E-state index in [9.17, 15) is 0 Å². The lowest BCUT2D eigenvalue weighted by Gasteiger charge is -2.23. The lowest BCUT2D eigenvalue weighted by Crippen LogP contribution is -2.09. The number of para-hydroxylation sites is 1. The minimum atomic E-state index is 0.102. The van der Waals surface area contributed by atoms with Crippen LogP contribution in [-0.2, 0) is 0 Å². The zero-order valence-corrected chi connectivity index (χ0v) is 17.3. The Morgan fingerprint density at radius 2 is 1.25 bits per heavy atom. The molecule has 0 unspecified atom stereocenters. The van der Waals surface area contributed by atoms with Gasteiger partial charge in [-0.05, 0) is 73.7 Å². The lowest BCUT2D eigenvalue weighted by molar-refractivity contribution is 0.973. The van der Waals surface area contributed by atoms with Gasteiger partial charge < -0.3 is 16.4 Å². The first-order valence-corrected chi connectivity index (χ1v) is 10.1. The van der Waals surface area contributed by atoms with Gasteiger partial charge in [0.25, 0.3) is 0 Å². The molecule has 0 bridgehead atoms. The summed E-state index contributed by atoms with van der Waals surface area (Å²) in [5.74, 6) is 0.102. The molecule has 0 heterocycles. The summed E-state index contributed by atoms with van der Waals surface area (Å²) in [6.45, 7) is 10.4. The fourth-order valence-electron chi connectivity index (χ4n) is 3.84. The van der Waals surface area contributed by atoms with Crippen LogP contribution in [0, 0.1) is 13.8 Å². The first-order chi connectivity index (χ1) is 13.5. The monoisotopic (exact) mass is 373 g/mol. The molecule has 3 aromatic carbocycles. The van der Waals surface area contributed by atoms with Crippen molar-refractivity contribution in [3.8, 4) is 0 Å². The maximum absolute atomic E-state index is 6.40. The number of hydrogen-bond acceptors (Lipinski definition) is 3. The molecule has 0 aliphatic heterocycles. The molecule has 3 heteroatoms. The van der Waals surface area contributed by atoms with Crippen LogP contribution in [0.15, 0.2) is 60.7 Å². The summed E-state index contributed by atoms with van der Waals surface area (Å²) < 4.78 is 0. The van der Waals surface area contributed by atoms with E-state index in [1.54, 1.807) is 0 Å². The summed E-state index contributed by atoms with van der Waals surface area (Å²) in [6.07, 6.45) is 0. The second-order valence-electron chi connectivity index (χ2n) is 7.27. The van der Waals surface area contributed by atoms with Crippen molar-refractivity contribution < 1.29 is 0 Å². The van der Waals surface area contributed by atoms with Crippen molar-refractivity contribution in [3.05, 3.63) is 88.5 Å². The Kier molecular flexibility index (Phi) is 6.25. The lowest BCUT2D eigenvalue weighted by atomic mass is 9.83. The van der Waals surface area contributed by atoms with Gasteiger partial charge in [-0.15, -0.1) is 0 Å². The summed E-state index contributed by atoms with van der Waals surface area (Å²) in [5.41, 5.74) is 15.8. The summed E-state index contributed by atoms with van der Waals surface area (Å²) in [7, 11) is 0. The van der Waals surface area contributed by atoms with Gasteiger partial charge in [-0.25, -0.2) is 0 Å². The van der Waals surface area contributed by atoms with Gasteiger partial charge in [0.15, 0.2) is 0 Å². The molecule has 0 aliphatic rings. The minimum Gasteiger partial charge on any atom is -0.398 e. The van der Waals surface area contributed by atoms with E-state index in [4.69, 9.17) is 5.73 Å². The van der Waals surface area contributed by atoms with Crippen LogP contribution in [0.1, 0.15) is 47.6 Å². The number of aryl methyl sites for hydroxylation is 2. The molecule has 0 saturated heterocycles. The van der Waals surface area contributed by atoms with Gasteiger partial charge in [-0.1, -0.05) is 42.5 Å². The Morgan fingerprint density at radius 1 is 0.750 bits per heavy atom. The van der Waals surface area contributed by atoms with E-state index < -0.39 is 0 Å². The average Bonchev–Trinajstić information content (AvgIpc) is 2.68. The predicted octanol–water partition coefficient (Wildman–Crippen LogP) is 5.93. The van der Waals surface area contributed by atoms with Crippen LogP contribution in [0.2, 0.25) is 0 Å². The highest BCUT2D eigenvalue weighted by Crippen LogP contribution is 2.37. The number of hydrogen-bond donors (Lipinski definition) is 3. The number of nitrogens with one attached hydrogen (secondary N) is 2. The van der Waals surface area contributed by atoms with Crippen molar-refractivity contribution in [2.45, 2.75) is 33.6 Å². The van der Waals surface area contributed by atoms with Crippen LogP contribution in [-0.4, -0.2) is 13.1 Å². The molecule has 0 radical (unpaired) electrons. The third-order valence-electron chi connectivity index (χ3n) is 5.21. The highest BCUT2D eigenvalue weighted by Gasteiger charge is 2.20. The molecular weight excluding hydrogens is 342 g/mol. The fourth-order valence-corrected chi connectivity index (χ4v) is 3.84. The van der Waals surface area contributed by atoms with Crippen molar-refractivity contribution in [3.63, 3.8) is 0 Å². The Balaban J connectivity index is 2.13. The number of benzene rings is 3. The molecule has 0 atom stereocenters. The summed E-state index contributed by atoms with van der Waals surface area (Å²) in [4.78, 5) is 0. The Hall–Kier alpha value is -2.94. The van der Waals surface area contributed by atoms with E-state index in [0.29, 0.717) is 0 Å². The van der Waals surface area contributed by atoms with Crippen molar-refractivity contribution in [1.82, 2.24) is 0 Å². The maximum atomic E-state index is 6.40. The van der Waals surface area contributed by atoms with Gasteiger partial charge in [0.05, 0.1) is 0 Å². The third kappa shape index (κ3) is 4.14. The molecule has 0 fully saturated rings. The Morgan fingerprint density at radius 3 is 1.68 bits per heavy atom. The van der Waals surface area contributed by atoms with Gasteiger partial charge in [0.1, 0.15) is 0 Å². The molecule has 146 valence electrons. The normalized spacial score (nSPS) is 10.9. The highest BCUT2D eigenvalue weighted by molar-refractivity contribution is 5.61. The topological polar surface area (TPSA) is 50.1 Å². The zero-order valence-electron chi connectivity index (χ0n) is 17.3. The van der Waals surface area contributed by atoms with E-state index in [-0.39, 0.29) is 5.92 Å². The molecule has 4 N–H and O–H groups in total. The highest BCUT2D eigenvalue weighted by atomic mass is 14.9. The van der Waals surface area contributed by atoms with E-state index in [1.807, 2.05) is 12.1 Å². The minimum absolute atomic E-state index is 0.102. The van der Waals surface area contributed by atoms with Crippen molar-refractivity contribution in [2.75, 3.05) is 29.5 Å². The second kappa shape index (κ2) is 8.83. The second-order valence-corrected chi connectivity index (χ2v) is 7.27. The largest absolute Gasteiger partial charge is 0.398 e. The third-order valence-corrected chi connectivity index (χ3v) is 5.21. The van der Waals surface area contributed by atoms with Crippen LogP contribution < -0.4 is 16.4 Å². The fraction of sp³-hybridized carbons (Fsp3) is 0.280. The standard InChI is InChI=1S/C25H31N3/c1-5-27-23-13-11-19(15-17(23)3)25(21-9-7-8-10-22(21)26)20-12-14-24(28-6-2)18(4)16-20/h7-16,25,27-28H,5-6,26H2,1-4H3. The Labute approximate surface area is 169 Å². The van der Waals surface area contributed by atoms with Gasteiger partial charge in [-0.2, -0.15) is 0 Å². The maximum Gasteiger partial charge on any atom is 0.0369 e. The molecule has 3 nitrogen and oxygen atoms in total. The van der Waals surface area contributed by atoms with Crippen molar-refractivity contribution in [1.29, 1.82) is 0 Å². The van der Waals surface area contributed by atoms with Gasteiger partial charge in [-0.3, -0.25) is 0 Å². The van der Waals surface area contributed by atoms with Crippen LogP contribution in [0.3, 0.4) is 0 Å². The van der Waals surface area contributed by atoms with E-state index in [0.717, 1.165) is 24.3 Å². The molecule has 3 aromatic rings. The van der Waals surface area contributed by atoms with E-state index in [1.165, 1.54) is 33.6 Å². The van der Waals surface area contributed by atoms with E-state index >= 15 is 0 Å². The van der Waals surface area contributed by atoms with Crippen LogP contribution in [0.5, 0.6) is 0 Å². The van der Waals surface area contributed by atoms with Crippen LogP contribution in [0.4, 0.5) is 17.1 Å². The number of nitrogens with two attached hydrogens (primary N) is 1. The van der Waals surface area contributed by atoms with Gasteiger partial charge in [0.2, 0.25) is 0 Å².